The topological polar surface area (TPSA) is 91.2 Å². The van der Waals surface area contributed by atoms with E-state index in [1.807, 2.05) is 0 Å². The zero-order valence-corrected chi connectivity index (χ0v) is 8.76. The number of carbonyl (C=O) groups excluding carboxylic acids is 1. The fourth-order valence-electron chi connectivity index (χ4n) is 1.12. The number of esters is 1. The summed E-state index contributed by atoms with van der Waals surface area (Å²) < 4.78 is 14.5. The monoisotopic (exact) mass is 223 g/mol. The first-order valence-electron chi connectivity index (χ1n) is 4.65. The summed E-state index contributed by atoms with van der Waals surface area (Å²) in [6.07, 6.45) is 1.44. The summed E-state index contributed by atoms with van der Waals surface area (Å²) in [5.41, 5.74) is 0.558. The molecule has 7 nitrogen and oxygen atoms in total. The molecule has 0 aliphatic rings. The van der Waals surface area contributed by atoms with E-state index in [0.717, 1.165) is 0 Å². The van der Waals surface area contributed by atoms with Crippen LogP contribution in [-0.2, 0) is 4.74 Å². The molecule has 0 radical (unpaired) electrons. The lowest BCUT2D eigenvalue weighted by Crippen LogP contribution is -2.06. The average Bonchev–Trinajstić information content (AvgIpc) is 2.86. The molecule has 0 aliphatic heterocycles. The number of rotatable bonds is 3. The molecule has 84 valence electrons. The van der Waals surface area contributed by atoms with Crippen LogP contribution in [0.1, 0.15) is 23.3 Å². The molecule has 0 aromatic carbocycles. The van der Waals surface area contributed by atoms with Gasteiger partial charge in [-0.15, -0.1) is 0 Å². The van der Waals surface area contributed by atoms with Crippen molar-refractivity contribution >= 4 is 5.97 Å². The maximum Gasteiger partial charge on any atom is 0.379 e. The molecule has 7 heteroatoms. The van der Waals surface area contributed by atoms with E-state index in [2.05, 4.69) is 15.3 Å². The van der Waals surface area contributed by atoms with Gasteiger partial charge in [-0.1, -0.05) is 5.16 Å². The molecule has 2 rings (SSSR count). The second kappa shape index (κ2) is 4.13. The third-order valence-corrected chi connectivity index (χ3v) is 1.87. The van der Waals surface area contributed by atoms with Crippen molar-refractivity contribution in [2.75, 3.05) is 6.61 Å². The zero-order valence-electron chi connectivity index (χ0n) is 8.76. The number of nitrogens with zero attached hydrogens (tertiary/aromatic N) is 3. The van der Waals surface area contributed by atoms with Crippen molar-refractivity contribution < 1.29 is 18.6 Å². The highest BCUT2D eigenvalue weighted by Crippen LogP contribution is 2.20. The van der Waals surface area contributed by atoms with Gasteiger partial charge < -0.3 is 13.8 Å². The van der Waals surface area contributed by atoms with Crippen LogP contribution in [0.3, 0.4) is 0 Å². The Morgan fingerprint density at radius 3 is 2.94 bits per heavy atom. The van der Waals surface area contributed by atoms with Crippen LogP contribution in [0, 0.1) is 6.92 Å². The second-order valence-corrected chi connectivity index (χ2v) is 2.94. The molecule has 0 aliphatic carbocycles. The van der Waals surface area contributed by atoms with Crippen LogP contribution < -0.4 is 0 Å². The van der Waals surface area contributed by atoms with E-state index >= 15 is 0 Å². The first kappa shape index (κ1) is 10.3. The van der Waals surface area contributed by atoms with Gasteiger partial charge in [-0.2, -0.15) is 4.98 Å². The number of aryl methyl sites for hydroxylation is 1. The number of carbonyl (C=O) groups is 1. The molecule has 0 unspecified atom stereocenters. The Bertz CT molecular complexity index is 502. The van der Waals surface area contributed by atoms with Crippen LogP contribution in [0.25, 0.3) is 11.5 Å². The number of ether oxygens (including phenoxy) is 1. The Kier molecular flexibility index (Phi) is 2.67. The van der Waals surface area contributed by atoms with Gasteiger partial charge in [-0.05, 0) is 19.0 Å². The normalized spacial score (nSPS) is 10.4. The molecule has 0 amide bonds. The van der Waals surface area contributed by atoms with Gasteiger partial charge in [-0.25, -0.2) is 4.79 Å². The SMILES string of the molecule is CCOC(=O)c1noc(-c2cnoc2C)n1. The molecule has 0 saturated heterocycles. The van der Waals surface area contributed by atoms with Crippen molar-refractivity contribution in [3.05, 3.63) is 17.8 Å². The summed E-state index contributed by atoms with van der Waals surface area (Å²) >= 11 is 0. The van der Waals surface area contributed by atoms with E-state index in [1.54, 1.807) is 13.8 Å². The Morgan fingerprint density at radius 2 is 2.31 bits per heavy atom. The molecule has 16 heavy (non-hydrogen) atoms. The number of aromatic nitrogens is 3. The van der Waals surface area contributed by atoms with Crippen molar-refractivity contribution in [3.8, 4) is 11.5 Å². The largest absolute Gasteiger partial charge is 0.460 e. The minimum atomic E-state index is -0.619. The lowest BCUT2D eigenvalue weighted by atomic mass is 10.3. The molecule has 0 fully saturated rings. The second-order valence-electron chi connectivity index (χ2n) is 2.94. The van der Waals surface area contributed by atoms with E-state index in [4.69, 9.17) is 13.8 Å². The smallest absolute Gasteiger partial charge is 0.379 e. The van der Waals surface area contributed by atoms with Gasteiger partial charge in [0.05, 0.1) is 12.8 Å². The fourth-order valence-corrected chi connectivity index (χ4v) is 1.12. The van der Waals surface area contributed by atoms with Crippen LogP contribution in [0.4, 0.5) is 0 Å². The van der Waals surface area contributed by atoms with Crippen LogP contribution >= 0.6 is 0 Å². The minimum absolute atomic E-state index is 0.113. The Morgan fingerprint density at radius 1 is 1.50 bits per heavy atom. The van der Waals surface area contributed by atoms with Gasteiger partial charge >= 0.3 is 5.97 Å². The van der Waals surface area contributed by atoms with Gasteiger partial charge in [-0.3, -0.25) is 0 Å². The maximum atomic E-state index is 11.3. The summed E-state index contributed by atoms with van der Waals surface area (Å²) in [7, 11) is 0. The number of hydrogen-bond donors (Lipinski definition) is 0. The predicted octanol–water partition coefficient (Wildman–Crippen LogP) is 1.21. The van der Waals surface area contributed by atoms with Gasteiger partial charge in [0.25, 0.3) is 11.7 Å². The third kappa shape index (κ3) is 1.79. The van der Waals surface area contributed by atoms with Crippen molar-refractivity contribution in [2.45, 2.75) is 13.8 Å². The highest BCUT2D eigenvalue weighted by molar-refractivity contribution is 5.85. The van der Waals surface area contributed by atoms with Crippen LogP contribution in [0.5, 0.6) is 0 Å². The predicted molar refractivity (Wildman–Crippen MR) is 50.5 cm³/mol. The van der Waals surface area contributed by atoms with Crippen molar-refractivity contribution in [1.29, 1.82) is 0 Å². The van der Waals surface area contributed by atoms with Crippen LogP contribution in [0.2, 0.25) is 0 Å². The van der Waals surface area contributed by atoms with Crippen LogP contribution in [-0.4, -0.2) is 27.9 Å². The zero-order chi connectivity index (χ0) is 11.5. The quantitative estimate of drug-likeness (QED) is 0.722. The van der Waals surface area contributed by atoms with E-state index in [0.29, 0.717) is 11.3 Å². The van der Waals surface area contributed by atoms with E-state index < -0.39 is 5.97 Å². The van der Waals surface area contributed by atoms with Gasteiger partial charge in [0, 0.05) is 0 Å². The molecule has 2 aromatic rings. The summed E-state index contributed by atoms with van der Waals surface area (Å²) in [6, 6.07) is 0. The highest BCUT2D eigenvalue weighted by atomic mass is 16.5. The maximum absolute atomic E-state index is 11.3. The van der Waals surface area contributed by atoms with E-state index in [1.165, 1.54) is 6.20 Å². The molecule has 2 aromatic heterocycles. The lowest BCUT2D eigenvalue weighted by molar-refractivity contribution is 0.0508. The molecule has 0 atom stereocenters. The molecule has 0 N–H and O–H groups in total. The molecule has 2 heterocycles. The van der Waals surface area contributed by atoms with E-state index in [9.17, 15) is 4.79 Å². The first-order valence-corrected chi connectivity index (χ1v) is 4.65. The van der Waals surface area contributed by atoms with Crippen molar-refractivity contribution in [1.82, 2.24) is 15.3 Å². The summed E-state index contributed by atoms with van der Waals surface area (Å²) in [6.45, 7) is 3.66. The third-order valence-electron chi connectivity index (χ3n) is 1.87. The van der Waals surface area contributed by atoms with Crippen molar-refractivity contribution in [2.24, 2.45) is 0 Å². The van der Waals surface area contributed by atoms with E-state index in [-0.39, 0.29) is 18.3 Å². The van der Waals surface area contributed by atoms with Gasteiger partial charge in [0.1, 0.15) is 11.3 Å². The molecular formula is C9H9N3O4. The first-order chi connectivity index (χ1) is 7.72. The summed E-state index contributed by atoms with van der Waals surface area (Å²) in [4.78, 5) is 15.1. The summed E-state index contributed by atoms with van der Waals surface area (Å²) in [5, 5.41) is 7.07. The standard InChI is InChI=1S/C9H9N3O4/c1-3-14-9(13)7-11-8(16-12-7)6-4-10-15-5(6)2/h4H,3H2,1-2H3. The van der Waals surface area contributed by atoms with Crippen molar-refractivity contribution in [3.63, 3.8) is 0 Å². The van der Waals surface area contributed by atoms with Gasteiger partial charge in [0.15, 0.2) is 0 Å². The fraction of sp³-hybridized carbons (Fsp3) is 0.333. The lowest BCUT2D eigenvalue weighted by Gasteiger charge is -1.93. The molecule has 0 bridgehead atoms. The Balaban J connectivity index is 2.26. The molecular weight excluding hydrogens is 214 g/mol. The molecule has 0 spiro atoms. The average molecular weight is 223 g/mol. The summed E-state index contributed by atoms with van der Waals surface area (Å²) in [5.74, 6) is -0.00933. The Hall–Kier alpha value is -2.18. The molecule has 0 saturated carbocycles. The number of hydrogen-bond acceptors (Lipinski definition) is 7. The minimum Gasteiger partial charge on any atom is -0.460 e. The van der Waals surface area contributed by atoms with Crippen LogP contribution in [0.15, 0.2) is 15.2 Å². The highest BCUT2D eigenvalue weighted by Gasteiger charge is 2.19. The van der Waals surface area contributed by atoms with Gasteiger partial charge in [0.2, 0.25) is 0 Å². The Labute approximate surface area is 90.4 Å².